The second-order valence-electron chi connectivity index (χ2n) is 6.16. The Morgan fingerprint density at radius 2 is 1.67 bits per heavy atom. The lowest BCUT2D eigenvalue weighted by Crippen LogP contribution is -2.15. The van der Waals surface area contributed by atoms with Crippen molar-refractivity contribution >= 4 is 28.4 Å². The molecule has 0 fully saturated rings. The van der Waals surface area contributed by atoms with Gasteiger partial charge in [-0.15, -0.1) is 0 Å². The summed E-state index contributed by atoms with van der Waals surface area (Å²) in [4.78, 5) is 24.5. The number of fused-ring (bicyclic) bond motifs is 1. The molecule has 0 aliphatic rings. The normalized spacial score (nSPS) is 10.8. The molecule has 0 spiro atoms. The van der Waals surface area contributed by atoms with Gasteiger partial charge in [-0.2, -0.15) is 0 Å². The third-order valence-corrected chi connectivity index (χ3v) is 4.34. The van der Waals surface area contributed by atoms with Crippen molar-refractivity contribution in [1.29, 1.82) is 0 Å². The van der Waals surface area contributed by atoms with E-state index in [4.69, 9.17) is 10.2 Å². The topological polar surface area (TPSA) is 90.3 Å². The van der Waals surface area contributed by atoms with Gasteiger partial charge in [-0.3, -0.25) is 9.36 Å². The Balaban J connectivity index is 1.54. The van der Waals surface area contributed by atoms with Gasteiger partial charge in [0.2, 0.25) is 0 Å². The largest absolute Gasteiger partial charge is 0.420 e. The number of nitrogens with one attached hydrogen (secondary N) is 1. The maximum atomic E-state index is 12.4. The van der Waals surface area contributed by atoms with Crippen LogP contribution in [0.3, 0.4) is 0 Å². The van der Waals surface area contributed by atoms with E-state index in [2.05, 4.69) is 5.32 Å². The van der Waals surface area contributed by atoms with E-state index in [1.165, 1.54) is 0 Å². The first-order valence-corrected chi connectivity index (χ1v) is 8.45. The van der Waals surface area contributed by atoms with Gasteiger partial charge < -0.3 is 15.5 Å². The molecule has 3 aromatic carbocycles. The van der Waals surface area contributed by atoms with Crippen LogP contribution in [-0.4, -0.2) is 10.5 Å². The minimum absolute atomic E-state index is 0.245. The SMILES string of the molecule is Nc1ccccc1NC(=O)c1ccc(Cn2c(=O)oc3ccccc32)cc1. The third-order valence-electron chi connectivity index (χ3n) is 4.34. The van der Waals surface area contributed by atoms with Crippen LogP contribution in [0, 0.1) is 0 Å². The number of carbonyl (C=O) groups is 1. The highest BCUT2D eigenvalue weighted by Crippen LogP contribution is 2.18. The lowest BCUT2D eigenvalue weighted by molar-refractivity contribution is 0.102. The fourth-order valence-electron chi connectivity index (χ4n) is 2.91. The van der Waals surface area contributed by atoms with E-state index in [9.17, 15) is 9.59 Å². The predicted octanol–water partition coefficient (Wildman–Crippen LogP) is 3.48. The Labute approximate surface area is 154 Å². The van der Waals surface area contributed by atoms with Crippen molar-refractivity contribution in [2.24, 2.45) is 0 Å². The quantitative estimate of drug-likeness (QED) is 0.546. The fraction of sp³-hybridized carbons (Fsp3) is 0.0476. The number of anilines is 2. The second kappa shape index (κ2) is 6.84. The van der Waals surface area contributed by atoms with Crippen molar-refractivity contribution in [3.05, 3.63) is 94.5 Å². The van der Waals surface area contributed by atoms with E-state index in [1.54, 1.807) is 41.0 Å². The number of aromatic nitrogens is 1. The van der Waals surface area contributed by atoms with Gasteiger partial charge in [-0.05, 0) is 42.0 Å². The van der Waals surface area contributed by atoms with Crippen molar-refractivity contribution in [2.45, 2.75) is 6.54 Å². The van der Waals surface area contributed by atoms with Gasteiger partial charge in [0, 0.05) is 5.56 Å². The summed E-state index contributed by atoms with van der Waals surface area (Å²) in [6, 6.07) is 21.4. The van der Waals surface area contributed by atoms with Crippen LogP contribution in [0.1, 0.15) is 15.9 Å². The van der Waals surface area contributed by atoms with Crippen molar-refractivity contribution < 1.29 is 9.21 Å². The molecule has 1 heterocycles. The molecule has 1 aromatic heterocycles. The first-order chi connectivity index (χ1) is 13.1. The molecule has 0 unspecified atom stereocenters. The van der Waals surface area contributed by atoms with Crippen LogP contribution in [0.2, 0.25) is 0 Å². The maximum Gasteiger partial charge on any atom is 0.420 e. The zero-order valence-electron chi connectivity index (χ0n) is 14.4. The summed E-state index contributed by atoms with van der Waals surface area (Å²) in [5.74, 6) is -0.650. The van der Waals surface area contributed by atoms with E-state index in [1.807, 2.05) is 36.4 Å². The first-order valence-electron chi connectivity index (χ1n) is 8.45. The molecule has 0 bridgehead atoms. The summed E-state index contributed by atoms with van der Waals surface area (Å²) in [5, 5.41) is 2.79. The van der Waals surface area contributed by atoms with E-state index in [-0.39, 0.29) is 5.91 Å². The number of amides is 1. The van der Waals surface area contributed by atoms with Gasteiger partial charge in [0.25, 0.3) is 5.91 Å². The molecule has 0 atom stereocenters. The zero-order valence-corrected chi connectivity index (χ0v) is 14.4. The van der Waals surface area contributed by atoms with Gasteiger partial charge in [0.15, 0.2) is 5.58 Å². The average Bonchev–Trinajstić information content (AvgIpc) is 2.99. The number of nitrogen functional groups attached to an aromatic ring is 1. The molecule has 27 heavy (non-hydrogen) atoms. The number of nitrogens with two attached hydrogens (primary N) is 1. The molecule has 6 nitrogen and oxygen atoms in total. The number of benzene rings is 3. The van der Waals surface area contributed by atoms with Crippen LogP contribution < -0.4 is 16.8 Å². The van der Waals surface area contributed by atoms with Gasteiger partial charge in [0.1, 0.15) is 0 Å². The van der Waals surface area contributed by atoms with Gasteiger partial charge in [0.05, 0.1) is 23.4 Å². The molecule has 0 radical (unpaired) electrons. The number of rotatable bonds is 4. The molecule has 4 rings (SSSR count). The highest BCUT2D eigenvalue weighted by molar-refractivity contribution is 6.05. The van der Waals surface area contributed by atoms with Crippen LogP contribution in [-0.2, 0) is 6.54 Å². The molecular weight excluding hydrogens is 342 g/mol. The Morgan fingerprint density at radius 1 is 0.963 bits per heavy atom. The van der Waals surface area contributed by atoms with Crippen LogP contribution >= 0.6 is 0 Å². The molecule has 3 N–H and O–H groups in total. The van der Waals surface area contributed by atoms with Crippen LogP contribution in [0.4, 0.5) is 11.4 Å². The summed E-state index contributed by atoms with van der Waals surface area (Å²) in [6.45, 7) is 0.364. The van der Waals surface area contributed by atoms with Crippen molar-refractivity contribution in [3.63, 3.8) is 0 Å². The zero-order chi connectivity index (χ0) is 18.8. The molecule has 0 saturated carbocycles. The maximum absolute atomic E-state index is 12.4. The molecule has 0 aliphatic heterocycles. The molecule has 134 valence electrons. The summed E-state index contributed by atoms with van der Waals surface area (Å²) in [6.07, 6.45) is 0. The number of hydrogen-bond acceptors (Lipinski definition) is 4. The second-order valence-corrected chi connectivity index (χ2v) is 6.16. The summed E-state index contributed by atoms with van der Waals surface area (Å²) < 4.78 is 6.81. The summed E-state index contributed by atoms with van der Waals surface area (Å²) in [5.41, 5.74) is 9.62. The summed E-state index contributed by atoms with van der Waals surface area (Å²) >= 11 is 0. The Hall–Kier alpha value is -3.80. The van der Waals surface area contributed by atoms with Gasteiger partial charge in [-0.25, -0.2) is 4.79 Å². The number of para-hydroxylation sites is 4. The van der Waals surface area contributed by atoms with E-state index in [0.29, 0.717) is 29.1 Å². The molecule has 1 amide bonds. The molecule has 6 heteroatoms. The monoisotopic (exact) mass is 359 g/mol. The Bertz CT molecular complexity index is 1170. The number of hydrogen-bond donors (Lipinski definition) is 2. The van der Waals surface area contributed by atoms with E-state index < -0.39 is 5.76 Å². The highest BCUT2D eigenvalue weighted by atomic mass is 16.4. The minimum atomic E-state index is -0.405. The van der Waals surface area contributed by atoms with Gasteiger partial charge >= 0.3 is 5.76 Å². The third kappa shape index (κ3) is 3.32. The highest BCUT2D eigenvalue weighted by Gasteiger charge is 2.11. The predicted molar refractivity (Wildman–Crippen MR) is 105 cm³/mol. The van der Waals surface area contributed by atoms with Crippen LogP contribution in [0.15, 0.2) is 82.0 Å². The Kier molecular flexibility index (Phi) is 4.22. The van der Waals surface area contributed by atoms with Crippen molar-refractivity contribution in [2.75, 3.05) is 11.1 Å². The first kappa shape index (κ1) is 16.7. The smallest absolute Gasteiger partial charge is 0.408 e. The number of nitrogens with zero attached hydrogens (tertiary/aromatic N) is 1. The van der Waals surface area contributed by atoms with Crippen molar-refractivity contribution in [1.82, 2.24) is 4.57 Å². The van der Waals surface area contributed by atoms with Crippen LogP contribution in [0.5, 0.6) is 0 Å². The lowest BCUT2D eigenvalue weighted by Gasteiger charge is -2.08. The number of carbonyl (C=O) groups excluding carboxylic acids is 1. The average molecular weight is 359 g/mol. The van der Waals surface area contributed by atoms with Crippen LogP contribution in [0.25, 0.3) is 11.1 Å². The number of oxazole rings is 1. The molecule has 4 aromatic rings. The standard InChI is InChI=1S/C21H17N3O3/c22-16-5-1-2-6-17(16)23-20(25)15-11-9-14(10-12-15)13-24-18-7-3-4-8-19(18)27-21(24)26/h1-12H,13,22H2,(H,23,25). The van der Waals surface area contributed by atoms with Gasteiger partial charge in [-0.1, -0.05) is 36.4 Å². The molecular formula is C21H17N3O3. The summed E-state index contributed by atoms with van der Waals surface area (Å²) in [7, 11) is 0. The van der Waals surface area contributed by atoms with Crippen molar-refractivity contribution in [3.8, 4) is 0 Å². The lowest BCUT2D eigenvalue weighted by atomic mass is 10.1. The van der Waals surface area contributed by atoms with E-state index >= 15 is 0 Å². The molecule has 0 saturated heterocycles. The minimum Gasteiger partial charge on any atom is -0.408 e. The fourth-order valence-corrected chi connectivity index (χ4v) is 2.91. The Morgan fingerprint density at radius 3 is 2.44 bits per heavy atom. The van der Waals surface area contributed by atoms with E-state index in [0.717, 1.165) is 11.1 Å². The molecule has 0 aliphatic carbocycles.